The molecule has 2 aliphatic heterocycles. The molecule has 0 spiro atoms. The van der Waals surface area contributed by atoms with Gasteiger partial charge in [-0.05, 0) is 100 Å². The Morgan fingerprint density at radius 2 is 1.68 bits per heavy atom. The average Bonchev–Trinajstić information content (AvgIpc) is 3.97. The van der Waals surface area contributed by atoms with Crippen LogP contribution in [-0.4, -0.2) is 110 Å². The zero-order chi connectivity index (χ0) is 43.7. The number of pyridine rings is 1. The minimum absolute atomic E-state index is 0.00459. The summed E-state index contributed by atoms with van der Waals surface area (Å²) >= 11 is 0. The van der Waals surface area contributed by atoms with E-state index in [1.165, 1.54) is 39.9 Å². The van der Waals surface area contributed by atoms with Crippen LogP contribution in [-0.2, 0) is 27.4 Å². The van der Waals surface area contributed by atoms with Crippen LogP contribution in [0.25, 0.3) is 32.9 Å². The van der Waals surface area contributed by atoms with E-state index in [9.17, 15) is 28.2 Å². The first-order chi connectivity index (χ1) is 29.7. The molecule has 9 rings (SSSR count). The topological polar surface area (TPSA) is 163 Å². The van der Waals surface area contributed by atoms with Crippen molar-refractivity contribution >= 4 is 43.9 Å². The Morgan fingerprint density at radius 1 is 0.935 bits per heavy atom. The molecule has 3 aromatic heterocycles. The number of ether oxygens (including phenoxy) is 1. The third-order valence-corrected chi connectivity index (χ3v) is 14.5. The number of aliphatic hydroxyl groups is 1. The van der Waals surface area contributed by atoms with Crippen molar-refractivity contribution in [3.8, 4) is 11.1 Å². The molecule has 3 fully saturated rings. The van der Waals surface area contributed by atoms with E-state index in [4.69, 9.17) is 14.7 Å². The summed E-state index contributed by atoms with van der Waals surface area (Å²) < 4.78 is 52.2. The molecule has 2 N–H and O–H groups in total. The van der Waals surface area contributed by atoms with Crippen LogP contribution in [0.2, 0.25) is 0 Å². The Bertz CT molecular complexity index is 2870. The van der Waals surface area contributed by atoms with Gasteiger partial charge in [-0.15, -0.1) is 0 Å². The largest absolute Gasteiger partial charge is 0.465 e. The van der Waals surface area contributed by atoms with E-state index in [0.29, 0.717) is 70.8 Å². The average molecular weight is 864 g/mol. The van der Waals surface area contributed by atoms with Crippen molar-refractivity contribution < 1.29 is 32.6 Å². The van der Waals surface area contributed by atoms with Gasteiger partial charge in [-0.25, -0.2) is 31.5 Å². The number of aliphatic hydroxyl groups excluding tert-OH is 1. The zero-order valence-electron chi connectivity index (χ0n) is 35.1. The van der Waals surface area contributed by atoms with Gasteiger partial charge in [0.2, 0.25) is 5.95 Å². The second kappa shape index (κ2) is 15.9. The lowest BCUT2D eigenvalue weighted by Gasteiger charge is -2.48. The van der Waals surface area contributed by atoms with Gasteiger partial charge in [0.25, 0.3) is 15.6 Å². The van der Waals surface area contributed by atoms with E-state index in [0.717, 1.165) is 35.2 Å². The number of piperazine rings is 1. The first-order valence-electron chi connectivity index (χ1n) is 21.1. The highest BCUT2D eigenvalue weighted by Gasteiger charge is 2.44. The fraction of sp³-hybridized carbons (Fsp3) is 0.391. The number of aryl methyl sites for hydroxylation is 2. The van der Waals surface area contributed by atoms with Gasteiger partial charge in [0, 0.05) is 80.1 Å². The molecule has 3 aromatic carbocycles. The van der Waals surface area contributed by atoms with Crippen molar-refractivity contribution in [1.29, 1.82) is 0 Å². The van der Waals surface area contributed by atoms with Gasteiger partial charge < -0.3 is 29.3 Å². The number of hydrogen-bond acceptors (Lipinski definition) is 10. The number of fused-ring (bicyclic) bond motifs is 2. The van der Waals surface area contributed by atoms with Crippen LogP contribution in [0.1, 0.15) is 56.4 Å². The number of carbonyl (C=O) groups is 1. The van der Waals surface area contributed by atoms with E-state index in [2.05, 4.69) is 16.7 Å². The highest BCUT2D eigenvalue weighted by Crippen LogP contribution is 2.44. The standard InChI is InChI=1S/C46H50FN7O7S/c1-28-8-13-36(14-9-28)62(59,60)54-21-18-37-39(26-50(4)43(56)41(37)54)31-10-15-40-38(22-31)42(46(27-55,61-35-11-12-35)32-6-5-7-33(47)23-32)49-44(48-40)51-19-16-34(17-20-51)52-24-30(3)53(45(57)58)25-29(52)2/h5-10,13-15,18,21-23,26,29-30,34-35,55H,11-12,16-17,19-20,24-25,27H2,1-4H3,(H,57,58)/t29-,30+,46?/m0/s1. The summed E-state index contributed by atoms with van der Waals surface area (Å²) in [6.07, 6.45) is 5.11. The lowest BCUT2D eigenvalue weighted by atomic mass is 9.87. The Morgan fingerprint density at radius 3 is 2.35 bits per heavy atom. The first kappa shape index (κ1) is 41.7. The second-order valence-electron chi connectivity index (χ2n) is 17.1. The van der Waals surface area contributed by atoms with Crippen LogP contribution in [0, 0.1) is 12.7 Å². The molecule has 6 aromatic rings. The quantitative estimate of drug-likeness (QED) is 0.164. The number of rotatable bonds is 10. The van der Waals surface area contributed by atoms with Crippen molar-refractivity contribution in [2.45, 2.75) is 81.2 Å². The van der Waals surface area contributed by atoms with E-state index in [1.807, 2.05) is 32.0 Å². The predicted octanol–water partition coefficient (Wildman–Crippen LogP) is 6.09. The number of benzene rings is 3. The minimum atomic E-state index is -4.14. The number of hydrogen-bond donors (Lipinski definition) is 2. The van der Waals surface area contributed by atoms with Crippen molar-refractivity contribution in [2.75, 3.05) is 37.7 Å². The summed E-state index contributed by atoms with van der Waals surface area (Å²) in [5, 5.41) is 22.2. The highest BCUT2D eigenvalue weighted by molar-refractivity contribution is 7.90. The molecular weight excluding hydrogens is 814 g/mol. The van der Waals surface area contributed by atoms with E-state index in [-0.39, 0.29) is 34.6 Å². The zero-order valence-corrected chi connectivity index (χ0v) is 35.9. The molecule has 16 heteroatoms. The summed E-state index contributed by atoms with van der Waals surface area (Å²) in [6.45, 7) is 7.69. The number of carboxylic acid groups (broad SMARTS) is 1. The fourth-order valence-corrected chi connectivity index (χ4v) is 10.7. The van der Waals surface area contributed by atoms with Crippen molar-refractivity contribution in [3.63, 3.8) is 0 Å². The molecule has 1 saturated carbocycles. The van der Waals surface area contributed by atoms with Gasteiger partial charge in [-0.2, -0.15) is 0 Å². The number of piperidine rings is 1. The van der Waals surface area contributed by atoms with Gasteiger partial charge >= 0.3 is 6.09 Å². The molecule has 0 radical (unpaired) electrons. The Labute approximate surface area is 358 Å². The first-order valence-corrected chi connectivity index (χ1v) is 22.5. The molecule has 1 aliphatic carbocycles. The maximum absolute atomic E-state index is 15.1. The van der Waals surface area contributed by atoms with Crippen molar-refractivity contribution in [3.05, 3.63) is 118 Å². The number of halogens is 1. The van der Waals surface area contributed by atoms with Gasteiger partial charge in [-0.1, -0.05) is 35.9 Å². The molecule has 3 aliphatic rings. The summed E-state index contributed by atoms with van der Waals surface area (Å²) in [4.78, 5) is 42.0. The molecule has 1 unspecified atom stereocenters. The number of amides is 1. The van der Waals surface area contributed by atoms with Crippen LogP contribution in [0.5, 0.6) is 0 Å². The Kier molecular flexibility index (Phi) is 10.7. The van der Waals surface area contributed by atoms with E-state index < -0.39 is 39.7 Å². The molecular formula is C46H50FN7O7S. The van der Waals surface area contributed by atoms with Crippen molar-refractivity contribution in [1.82, 2.24) is 28.3 Å². The molecule has 324 valence electrons. The minimum Gasteiger partial charge on any atom is -0.465 e. The third kappa shape index (κ3) is 7.31. The van der Waals surface area contributed by atoms with Crippen molar-refractivity contribution in [2.24, 2.45) is 7.05 Å². The maximum Gasteiger partial charge on any atom is 0.407 e. The fourth-order valence-electron chi connectivity index (χ4n) is 9.32. The van der Waals surface area contributed by atoms with Crippen LogP contribution in [0.4, 0.5) is 15.1 Å². The highest BCUT2D eigenvalue weighted by atomic mass is 32.2. The number of aromatic nitrogens is 4. The summed E-state index contributed by atoms with van der Waals surface area (Å²) in [7, 11) is -2.56. The van der Waals surface area contributed by atoms with E-state index in [1.54, 1.807) is 43.6 Å². The van der Waals surface area contributed by atoms with Crippen LogP contribution >= 0.6 is 0 Å². The molecule has 62 heavy (non-hydrogen) atoms. The van der Waals surface area contributed by atoms with Crippen LogP contribution in [0.3, 0.4) is 0 Å². The maximum atomic E-state index is 15.1. The molecule has 1 amide bonds. The number of nitrogens with zero attached hydrogens (tertiary/aromatic N) is 7. The summed E-state index contributed by atoms with van der Waals surface area (Å²) in [5.41, 5.74) is 1.33. The SMILES string of the molecule is Cc1ccc(S(=O)(=O)n2ccc3c(-c4ccc5nc(N6CCC(N7C[C@@H](C)N(C(=O)O)C[C@@H]7C)CC6)nc(C(CO)(OC6CC6)c6cccc(F)c6)c5c4)cn(C)c(=O)c32)cc1. The molecule has 2 saturated heterocycles. The smallest absolute Gasteiger partial charge is 0.407 e. The third-order valence-electron chi connectivity index (χ3n) is 12.8. The lowest BCUT2D eigenvalue weighted by Crippen LogP contribution is -2.61. The molecule has 5 heterocycles. The monoisotopic (exact) mass is 863 g/mol. The predicted molar refractivity (Wildman–Crippen MR) is 233 cm³/mol. The van der Waals surface area contributed by atoms with Crippen LogP contribution < -0.4 is 10.5 Å². The Hall–Kier alpha value is -5.68. The summed E-state index contributed by atoms with van der Waals surface area (Å²) in [6, 6.07) is 19.9. The van der Waals surface area contributed by atoms with Gasteiger partial charge in [0.1, 0.15) is 11.3 Å². The van der Waals surface area contributed by atoms with Gasteiger partial charge in [0.15, 0.2) is 5.60 Å². The van der Waals surface area contributed by atoms with E-state index >= 15 is 4.39 Å². The van der Waals surface area contributed by atoms with Gasteiger partial charge in [0.05, 0.1) is 28.8 Å². The number of anilines is 1. The van der Waals surface area contributed by atoms with Crippen LogP contribution in [0.15, 0.2) is 94.9 Å². The normalized spacial score (nSPS) is 20.2. The molecule has 3 atom stereocenters. The second-order valence-corrected chi connectivity index (χ2v) is 18.9. The molecule has 0 bridgehead atoms. The molecule has 14 nitrogen and oxygen atoms in total. The lowest BCUT2D eigenvalue weighted by molar-refractivity contribution is -0.0673. The Balaban J connectivity index is 1.16. The summed E-state index contributed by atoms with van der Waals surface area (Å²) in [5.74, 6) is -0.0566. The van der Waals surface area contributed by atoms with Gasteiger partial charge in [-0.3, -0.25) is 9.69 Å².